The van der Waals surface area contributed by atoms with Crippen LogP contribution in [-0.4, -0.2) is 25.0 Å². The lowest BCUT2D eigenvalue weighted by Crippen LogP contribution is -2.47. The lowest BCUT2D eigenvalue weighted by atomic mass is 9.90. The Morgan fingerprint density at radius 1 is 1.42 bits per heavy atom. The molecular formula is C15H20FNO2. The first-order valence-electron chi connectivity index (χ1n) is 6.76. The maximum Gasteiger partial charge on any atom is 0.167 e. The van der Waals surface area contributed by atoms with Crippen LogP contribution in [0.25, 0.3) is 0 Å². The zero-order valence-corrected chi connectivity index (χ0v) is 11.6. The molecule has 2 atom stereocenters. The van der Waals surface area contributed by atoms with Crippen molar-refractivity contribution in [2.75, 3.05) is 18.1 Å². The van der Waals surface area contributed by atoms with E-state index in [1.54, 1.807) is 6.07 Å². The average molecular weight is 265 g/mol. The summed E-state index contributed by atoms with van der Waals surface area (Å²) in [4.78, 5) is 13.8. The van der Waals surface area contributed by atoms with Gasteiger partial charge < -0.3 is 9.64 Å². The Labute approximate surface area is 113 Å². The molecule has 0 amide bonds. The van der Waals surface area contributed by atoms with E-state index >= 15 is 0 Å². The van der Waals surface area contributed by atoms with Crippen molar-refractivity contribution in [1.29, 1.82) is 0 Å². The first-order valence-corrected chi connectivity index (χ1v) is 6.76. The van der Waals surface area contributed by atoms with Crippen molar-refractivity contribution >= 4 is 11.5 Å². The van der Waals surface area contributed by atoms with Crippen LogP contribution in [-0.2, 0) is 4.79 Å². The number of hydrogen-bond donors (Lipinski definition) is 0. The molecule has 4 heteroatoms. The molecule has 0 aliphatic carbocycles. The highest BCUT2D eigenvalue weighted by Gasteiger charge is 2.31. The van der Waals surface area contributed by atoms with Crippen molar-refractivity contribution < 1.29 is 13.9 Å². The summed E-state index contributed by atoms with van der Waals surface area (Å²) in [6.45, 7) is 6.87. The average Bonchev–Trinajstić information content (AvgIpc) is 2.39. The first kappa shape index (κ1) is 13.8. The van der Waals surface area contributed by atoms with Crippen molar-refractivity contribution in [3.63, 3.8) is 0 Å². The molecule has 1 aliphatic heterocycles. The van der Waals surface area contributed by atoms with Crippen LogP contribution in [0.5, 0.6) is 5.75 Å². The number of ketones is 1. The third-order valence-electron chi connectivity index (χ3n) is 3.87. The number of piperidine rings is 1. The van der Waals surface area contributed by atoms with Crippen molar-refractivity contribution in [3.8, 4) is 5.75 Å². The molecular weight excluding hydrogens is 245 g/mol. The predicted molar refractivity (Wildman–Crippen MR) is 73.2 cm³/mol. The largest absolute Gasteiger partial charge is 0.491 e. The van der Waals surface area contributed by atoms with Gasteiger partial charge in [-0.1, -0.05) is 6.92 Å². The summed E-state index contributed by atoms with van der Waals surface area (Å²) in [6.07, 6.45) is 0.528. The molecule has 19 heavy (non-hydrogen) atoms. The van der Waals surface area contributed by atoms with E-state index in [4.69, 9.17) is 4.74 Å². The van der Waals surface area contributed by atoms with Gasteiger partial charge in [-0.05, 0) is 26.0 Å². The Kier molecular flexibility index (Phi) is 4.08. The van der Waals surface area contributed by atoms with E-state index in [0.717, 1.165) is 5.69 Å². The Balaban J connectivity index is 2.22. The van der Waals surface area contributed by atoms with Crippen LogP contribution in [0.1, 0.15) is 27.2 Å². The van der Waals surface area contributed by atoms with E-state index in [-0.39, 0.29) is 29.3 Å². The first-order chi connectivity index (χ1) is 9.04. The second-order valence-corrected chi connectivity index (χ2v) is 4.99. The number of hydrogen-bond acceptors (Lipinski definition) is 3. The zero-order chi connectivity index (χ0) is 14.0. The number of carbonyl (C=O) groups excluding carboxylic acids is 1. The summed E-state index contributed by atoms with van der Waals surface area (Å²) < 4.78 is 19.1. The number of rotatable bonds is 3. The topological polar surface area (TPSA) is 29.5 Å². The Hall–Kier alpha value is -1.58. The molecule has 0 aromatic heterocycles. The Morgan fingerprint density at radius 3 is 2.79 bits per heavy atom. The summed E-state index contributed by atoms with van der Waals surface area (Å²) in [5.41, 5.74) is 0.813. The van der Waals surface area contributed by atoms with Crippen LogP contribution in [0.2, 0.25) is 0 Å². The molecule has 1 aromatic carbocycles. The number of anilines is 1. The molecule has 0 saturated carbocycles. The molecule has 1 fully saturated rings. The maximum atomic E-state index is 13.9. The van der Waals surface area contributed by atoms with Crippen LogP contribution < -0.4 is 9.64 Å². The summed E-state index contributed by atoms with van der Waals surface area (Å²) >= 11 is 0. The van der Waals surface area contributed by atoms with E-state index in [1.807, 2.05) is 26.8 Å². The molecule has 1 aliphatic rings. The van der Waals surface area contributed by atoms with Crippen LogP contribution in [0.15, 0.2) is 18.2 Å². The molecule has 0 radical (unpaired) electrons. The molecule has 1 aromatic rings. The van der Waals surface area contributed by atoms with Gasteiger partial charge in [-0.25, -0.2) is 4.39 Å². The molecule has 2 rings (SSSR count). The molecule has 2 unspecified atom stereocenters. The van der Waals surface area contributed by atoms with Gasteiger partial charge in [0.05, 0.1) is 6.61 Å². The molecule has 0 N–H and O–H groups in total. The zero-order valence-electron chi connectivity index (χ0n) is 11.6. The van der Waals surface area contributed by atoms with Crippen LogP contribution in [0, 0.1) is 11.7 Å². The number of carbonyl (C=O) groups is 1. The van der Waals surface area contributed by atoms with Gasteiger partial charge >= 0.3 is 0 Å². The second-order valence-electron chi connectivity index (χ2n) is 4.99. The van der Waals surface area contributed by atoms with Crippen molar-refractivity contribution in [3.05, 3.63) is 24.0 Å². The van der Waals surface area contributed by atoms with Crippen molar-refractivity contribution in [2.24, 2.45) is 5.92 Å². The smallest absolute Gasteiger partial charge is 0.167 e. The van der Waals surface area contributed by atoms with Gasteiger partial charge in [-0.15, -0.1) is 0 Å². The fourth-order valence-electron chi connectivity index (χ4n) is 2.51. The normalized spacial score (nSPS) is 23.6. The van der Waals surface area contributed by atoms with Gasteiger partial charge in [-0.3, -0.25) is 4.79 Å². The van der Waals surface area contributed by atoms with Crippen molar-refractivity contribution in [1.82, 2.24) is 0 Å². The SMILES string of the molecule is CCOc1ccc(N2CCC(=O)C(C)C2C)cc1F. The molecule has 3 nitrogen and oxygen atoms in total. The third-order valence-corrected chi connectivity index (χ3v) is 3.87. The molecule has 1 saturated heterocycles. The highest BCUT2D eigenvalue weighted by Crippen LogP contribution is 2.29. The number of nitrogens with zero attached hydrogens (tertiary/aromatic N) is 1. The minimum Gasteiger partial charge on any atom is -0.491 e. The number of benzene rings is 1. The minimum absolute atomic E-state index is 0.0108. The van der Waals surface area contributed by atoms with Crippen LogP contribution in [0.3, 0.4) is 0 Å². The Bertz CT molecular complexity index is 475. The van der Waals surface area contributed by atoms with Crippen LogP contribution in [0.4, 0.5) is 10.1 Å². The summed E-state index contributed by atoms with van der Waals surface area (Å²) in [5, 5.41) is 0. The minimum atomic E-state index is -0.351. The number of ether oxygens (including phenoxy) is 1. The fraction of sp³-hybridized carbons (Fsp3) is 0.533. The van der Waals surface area contributed by atoms with Gasteiger partial charge in [0.1, 0.15) is 5.78 Å². The molecule has 0 spiro atoms. The van der Waals surface area contributed by atoms with E-state index < -0.39 is 0 Å². The Morgan fingerprint density at radius 2 is 2.16 bits per heavy atom. The van der Waals surface area contributed by atoms with E-state index in [2.05, 4.69) is 4.90 Å². The van der Waals surface area contributed by atoms with E-state index in [9.17, 15) is 9.18 Å². The predicted octanol–water partition coefficient (Wildman–Crippen LogP) is 3.03. The van der Waals surface area contributed by atoms with Gasteiger partial charge in [0.2, 0.25) is 0 Å². The quantitative estimate of drug-likeness (QED) is 0.841. The molecule has 104 valence electrons. The summed E-state index contributed by atoms with van der Waals surface area (Å²) in [5.74, 6) is 0.203. The highest BCUT2D eigenvalue weighted by atomic mass is 19.1. The molecule has 1 heterocycles. The second kappa shape index (κ2) is 5.59. The third kappa shape index (κ3) is 2.72. The van der Waals surface area contributed by atoms with Gasteiger partial charge in [0, 0.05) is 36.7 Å². The summed E-state index contributed by atoms with van der Waals surface area (Å²) in [6, 6.07) is 5.10. The standard InChI is InChI=1S/C15H20FNO2/c1-4-19-15-6-5-12(9-13(15)16)17-8-7-14(18)10(2)11(17)3/h5-6,9-11H,4,7-8H2,1-3H3. The van der Waals surface area contributed by atoms with Gasteiger partial charge in [0.25, 0.3) is 0 Å². The monoisotopic (exact) mass is 265 g/mol. The fourth-order valence-corrected chi connectivity index (χ4v) is 2.51. The molecule has 0 bridgehead atoms. The van der Waals surface area contributed by atoms with Crippen molar-refractivity contribution in [2.45, 2.75) is 33.2 Å². The number of Topliss-reactive ketones (excluding diaryl/α,β-unsaturated/α-hetero) is 1. The van der Waals surface area contributed by atoms with Crippen LogP contribution >= 0.6 is 0 Å². The lowest BCUT2D eigenvalue weighted by Gasteiger charge is -2.38. The van der Waals surface area contributed by atoms with E-state index in [1.165, 1.54) is 6.07 Å². The highest BCUT2D eigenvalue weighted by molar-refractivity contribution is 5.84. The van der Waals surface area contributed by atoms with Gasteiger partial charge in [0.15, 0.2) is 11.6 Å². The maximum absolute atomic E-state index is 13.9. The summed E-state index contributed by atoms with van der Waals surface area (Å²) in [7, 11) is 0. The lowest BCUT2D eigenvalue weighted by molar-refractivity contribution is -0.123. The van der Waals surface area contributed by atoms with E-state index in [0.29, 0.717) is 19.6 Å². The number of halogens is 1. The van der Waals surface area contributed by atoms with Gasteiger partial charge in [-0.2, -0.15) is 0 Å².